The topological polar surface area (TPSA) is 46.3 Å². The van der Waals surface area contributed by atoms with Crippen LogP contribution in [0.25, 0.3) is 10.8 Å². The Morgan fingerprint density at radius 1 is 1.22 bits per heavy atom. The van der Waals surface area contributed by atoms with E-state index in [1.54, 1.807) is 0 Å². The molecular formula is C15H18N2O. The van der Waals surface area contributed by atoms with E-state index >= 15 is 0 Å². The lowest BCUT2D eigenvalue weighted by Gasteiger charge is -2.22. The van der Waals surface area contributed by atoms with Crippen LogP contribution in [0.2, 0.25) is 0 Å². The highest BCUT2D eigenvalue weighted by Gasteiger charge is 2.14. The second kappa shape index (κ2) is 5.19. The summed E-state index contributed by atoms with van der Waals surface area (Å²) in [6, 6.07) is 14.3. The highest BCUT2D eigenvalue weighted by Crippen LogP contribution is 2.17. The number of carbonyl (C=O) groups excluding carboxylic acids is 1. The Kier molecular flexibility index (Phi) is 3.63. The van der Waals surface area contributed by atoms with Gasteiger partial charge in [-0.25, -0.2) is 0 Å². The molecule has 0 aliphatic rings. The zero-order chi connectivity index (χ0) is 13.1. The Morgan fingerprint density at radius 3 is 2.56 bits per heavy atom. The van der Waals surface area contributed by atoms with Crippen molar-refractivity contribution >= 4 is 16.7 Å². The zero-order valence-electron chi connectivity index (χ0n) is 10.8. The van der Waals surface area contributed by atoms with E-state index in [1.165, 1.54) is 16.3 Å². The molecule has 2 rings (SSSR count). The van der Waals surface area contributed by atoms with Crippen molar-refractivity contribution in [1.82, 2.24) is 4.90 Å². The van der Waals surface area contributed by atoms with Gasteiger partial charge in [-0.1, -0.05) is 36.4 Å². The fraction of sp³-hybridized carbons (Fsp3) is 0.267. The van der Waals surface area contributed by atoms with Crippen molar-refractivity contribution in [2.24, 2.45) is 5.73 Å². The second-order valence-electron chi connectivity index (χ2n) is 4.67. The Bertz CT molecular complexity index is 565. The number of nitrogens with two attached hydrogens (primary N) is 1. The number of hydrogen-bond donors (Lipinski definition) is 1. The molecule has 2 aromatic carbocycles. The molecule has 0 saturated heterocycles. The molecule has 1 unspecified atom stereocenters. The van der Waals surface area contributed by atoms with Gasteiger partial charge in [0.15, 0.2) is 0 Å². The average molecular weight is 242 g/mol. The van der Waals surface area contributed by atoms with E-state index < -0.39 is 0 Å². The van der Waals surface area contributed by atoms with Gasteiger partial charge in [-0.15, -0.1) is 0 Å². The van der Waals surface area contributed by atoms with Crippen molar-refractivity contribution in [3.63, 3.8) is 0 Å². The van der Waals surface area contributed by atoms with E-state index in [0.717, 1.165) is 6.54 Å². The van der Waals surface area contributed by atoms with Crippen LogP contribution >= 0.6 is 0 Å². The number of hydrogen-bond acceptors (Lipinski definition) is 2. The largest absolute Gasteiger partial charge is 0.368 e. The minimum Gasteiger partial charge on any atom is -0.368 e. The molecule has 0 heterocycles. The van der Waals surface area contributed by atoms with Gasteiger partial charge >= 0.3 is 0 Å². The van der Waals surface area contributed by atoms with E-state index in [4.69, 9.17) is 5.73 Å². The SMILES string of the molecule is CC(C(N)=O)N(C)Cc1ccc2ccccc2c1. The monoisotopic (exact) mass is 242 g/mol. The first-order valence-electron chi connectivity index (χ1n) is 6.05. The van der Waals surface area contributed by atoms with E-state index in [0.29, 0.717) is 0 Å². The van der Waals surface area contributed by atoms with Crippen molar-refractivity contribution in [2.75, 3.05) is 7.05 Å². The summed E-state index contributed by atoms with van der Waals surface area (Å²) >= 11 is 0. The maximum absolute atomic E-state index is 11.1. The third-order valence-electron chi connectivity index (χ3n) is 3.32. The highest BCUT2D eigenvalue weighted by molar-refractivity contribution is 5.83. The number of nitrogens with zero attached hydrogens (tertiary/aromatic N) is 1. The average Bonchev–Trinajstić information content (AvgIpc) is 2.37. The lowest BCUT2D eigenvalue weighted by molar-refractivity contribution is -0.122. The summed E-state index contributed by atoms with van der Waals surface area (Å²) in [6.45, 7) is 2.54. The van der Waals surface area contributed by atoms with Crippen LogP contribution in [0.1, 0.15) is 12.5 Å². The summed E-state index contributed by atoms with van der Waals surface area (Å²) in [7, 11) is 1.91. The quantitative estimate of drug-likeness (QED) is 0.893. The van der Waals surface area contributed by atoms with Gasteiger partial charge in [0.2, 0.25) is 5.91 Å². The fourth-order valence-electron chi connectivity index (χ4n) is 1.98. The number of carbonyl (C=O) groups is 1. The smallest absolute Gasteiger partial charge is 0.234 e. The predicted octanol–water partition coefficient (Wildman–Crippen LogP) is 2.15. The fourth-order valence-corrected chi connectivity index (χ4v) is 1.98. The summed E-state index contributed by atoms with van der Waals surface area (Å²) in [4.78, 5) is 13.1. The van der Waals surface area contributed by atoms with Gasteiger partial charge in [0.05, 0.1) is 6.04 Å². The van der Waals surface area contributed by atoms with Crippen LogP contribution < -0.4 is 5.73 Å². The van der Waals surface area contributed by atoms with Crippen LogP contribution in [0.5, 0.6) is 0 Å². The van der Waals surface area contributed by atoms with E-state index in [9.17, 15) is 4.79 Å². The van der Waals surface area contributed by atoms with Gasteiger partial charge in [-0.05, 0) is 36.4 Å². The van der Waals surface area contributed by atoms with Gasteiger partial charge in [0.1, 0.15) is 0 Å². The molecule has 94 valence electrons. The molecule has 0 bridgehead atoms. The number of primary amides is 1. The van der Waals surface area contributed by atoms with E-state index in [2.05, 4.69) is 30.3 Å². The molecule has 3 nitrogen and oxygen atoms in total. The maximum atomic E-state index is 11.1. The summed E-state index contributed by atoms with van der Waals surface area (Å²) in [6.07, 6.45) is 0. The number of fused-ring (bicyclic) bond motifs is 1. The van der Waals surface area contributed by atoms with Crippen molar-refractivity contribution in [1.29, 1.82) is 0 Å². The van der Waals surface area contributed by atoms with Crippen molar-refractivity contribution in [3.05, 3.63) is 48.0 Å². The van der Waals surface area contributed by atoms with Crippen LogP contribution in [0.3, 0.4) is 0 Å². The van der Waals surface area contributed by atoms with Crippen LogP contribution in [-0.2, 0) is 11.3 Å². The van der Waals surface area contributed by atoms with Gasteiger partial charge < -0.3 is 5.73 Å². The molecule has 0 fully saturated rings. The molecule has 18 heavy (non-hydrogen) atoms. The predicted molar refractivity (Wildman–Crippen MR) is 74.1 cm³/mol. The molecule has 0 saturated carbocycles. The second-order valence-corrected chi connectivity index (χ2v) is 4.67. The summed E-state index contributed by atoms with van der Waals surface area (Å²) in [5, 5.41) is 2.45. The molecule has 1 atom stereocenters. The summed E-state index contributed by atoms with van der Waals surface area (Å²) in [5.41, 5.74) is 6.49. The number of amides is 1. The zero-order valence-corrected chi connectivity index (χ0v) is 10.8. The van der Waals surface area contributed by atoms with E-state index in [1.807, 2.05) is 31.0 Å². The maximum Gasteiger partial charge on any atom is 0.234 e. The first-order chi connectivity index (χ1) is 8.58. The Balaban J connectivity index is 2.19. The van der Waals surface area contributed by atoms with Gasteiger partial charge in [-0.3, -0.25) is 9.69 Å². The molecular weight excluding hydrogens is 224 g/mol. The Labute approximate surface area is 107 Å². The molecule has 0 aliphatic carbocycles. The van der Waals surface area contributed by atoms with E-state index in [-0.39, 0.29) is 11.9 Å². The number of likely N-dealkylation sites (N-methyl/N-ethyl adjacent to an activating group) is 1. The molecule has 2 N–H and O–H groups in total. The molecule has 0 aliphatic heterocycles. The molecule has 3 heteroatoms. The molecule has 1 amide bonds. The highest BCUT2D eigenvalue weighted by atomic mass is 16.1. The molecule has 0 radical (unpaired) electrons. The van der Waals surface area contributed by atoms with Crippen molar-refractivity contribution < 1.29 is 4.79 Å². The lowest BCUT2D eigenvalue weighted by Crippen LogP contribution is -2.39. The third kappa shape index (κ3) is 2.68. The van der Waals surface area contributed by atoms with Gasteiger partial charge in [-0.2, -0.15) is 0 Å². The minimum atomic E-state index is -0.293. The number of rotatable bonds is 4. The third-order valence-corrected chi connectivity index (χ3v) is 3.32. The van der Waals surface area contributed by atoms with Gasteiger partial charge in [0.25, 0.3) is 0 Å². The first kappa shape index (κ1) is 12.6. The normalized spacial score (nSPS) is 12.8. The summed E-state index contributed by atoms with van der Waals surface area (Å²) < 4.78 is 0. The van der Waals surface area contributed by atoms with Crippen LogP contribution in [0.4, 0.5) is 0 Å². The Hall–Kier alpha value is -1.87. The minimum absolute atomic E-state index is 0.253. The molecule has 2 aromatic rings. The lowest BCUT2D eigenvalue weighted by atomic mass is 10.1. The molecule has 0 spiro atoms. The Morgan fingerprint density at radius 2 is 1.89 bits per heavy atom. The first-order valence-corrected chi connectivity index (χ1v) is 6.05. The van der Waals surface area contributed by atoms with Crippen molar-refractivity contribution in [2.45, 2.75) is 19.5 Å². The van der Waals surface area contributed by atoms with Gasteiger partial charge in [0, 0.05) is 6.54 Å². The van der Waals surface area contributed by atoms with Crippen LogP contribution in [0, 0.1) is 0 Å². The van der Waals surface area contributed by atoms with Crippen LogP contribution in [-0.4, -0.2) is 23.9 Å². The van der Waals surface area contributed by atoms with Crippen LogP contribution in [0.15, 0.2) is 42.5 Å². The summed E-state index contributed by atoms with van der Waals surface area (Å²) in [5.74, 6) is -0.293. The van der Waals surface area contributed by atoms with Crippen molar-refractivity contribution in [3.8, 4) is 0 Å². The standard InChI is InChI=1S/C15H18N2O/c1-11(15(16)18)17(2)10-12-7-8-13-5-3-4-6-14(13)9-12/h3-9,11H,10H2,1-2H3,(H2,16,18). The molecule has 0 aromatic heterocycles. The number of benzene rings is 2.